The van der Waals surface area contributed by atoms with E-state index in [1.807, 2.05) is 26.0 Å². The zero-order valence-electron chi connectivity index (χ0n) is 10.3. The van der Waals surface area contributed by atoms with Crippen molar-refractivity contribution in [2.45, 2.75) is 39.2 Å². The van der Waals surface area contributed by atoms with E-state index in [1.165, 1.54) is 0 Å². The number of carbonyl (C=O) groups is 1. The van der Waals surface area contributed by atoms with Crippen molar-refractivity contribution >= 4 is 23.2 Å². The third-order valence-electron chi connectivity index (χ3n) is 2.52. The van der Waals surface area contributed by atoms with E-state index in [-0.39, 0.29) is 11.9 Å². The van der Waals surface area contributed by atoms with Crippen LogP contribution < -0.4 is 11.1 Å². The van der Waals surface area contributed by atoms with Crippen LogP contribution in [0.1, 0.15) is 31.7 Å². The smallest absolute Gasteiger partial charge is 0.224 e. The highest BCUT2D eigenvalue weighted by Gasteiger charge is 2.04. The molecule has 0 aliphatic carbocycles. The Hall–Kier alpha value is -1.06. The lowest BCUT2D eigenvalue weighted by molar-refractivity contribution is -0.116. The lowest BCUT2D eigenvalue weighted by atomic mass is 10.1. The van der Waals surface area contributed by atoms with Gasteiger partial charge in [-0.15, -0.1) is 0 Å². The number of amides is 1. The molecular weight excluding hydrogens is 236 g/mol. The fourth-order valence-corrected chi connectivity index (χ4v) is 1.66. The number of nitrogens with two attached hydrogens (primary N) is 1. The Morgan fingerprint density at radius 1 is 1.53 bits per heavy atom. The molecule has 3 nitrogen and oxygen atoms in total. The van der Waals surface area contributed by atoms with Gasteiger partial charge >= 0.3 is 0 Å². The third-order valence-corrected chi connectivity index (χ3v) is 2.93. The third kappa shape index (κ3) is 5.20. The summed E-state index contributed by atoms with van der Waals surface area (Å²) in [4.78, 5) is 11.6. The van der Waals surface area contributed by atoms with Gasteiger partial charge in [0.05, 0.1) is 0 Å². The molecule has 4 heteroatoms. The first-order chi connectivity index (χ1) is 7.99. The van der Waals surface area contributed by atoms with E-state index < -0.39 is 0 Å². The van der Waals surface area contributed by atoms with E-state index in [0.29, 0.717) is 11.4 Å². The minimum Gasteiger partial charge on any atom is -0.328 e. The van der Waals surface area contributed by atoms with E-state index in [9.17, 15) is 4.79 Å². The minimum absolute atomic E-state index is 0.00516. The molecule has 3 N–H and O–H groups in total. The summed E-state index contributed by atoms with van der Waals surface area (Å²) in [6.07, 6.45) is 2.16. The van der Waals surface area contributed by atoms with Gasteiger partial charge in [-0.25, -0.2) is 0 Å². The fraction of sp³-hybridized carbons (Fsp3) is 0.462. The van der Waals surface area contributed by atoms with Crippen LogP contribution in [0.15, 0.2) is 18.2 Å². The maximum absolute atomic E-state index is 11.6. The van der Waals surface area contributed by atoms with E-state index in [2.05, 4.69) is 5.32 Å². The van der Waals surface area contributed by atoms with Crippen LogP contribution in [0.4, 0.5) is 5.69 Å². The average molecular weight is 255 g/mol. The largest absolute Gasteiger partial charge is 0.328 e. The summed E-state index contributed by atoms with van der Waals surface area (Å²) in [5.41, 5.74) is 7.36. The van der Waals surface area contributed by atoms with Crippen LogP contribution in [0, 0.1) is 6.92 Å². The van der Waals surface area contributed by atoms with Gasteiger partial charge in [0.2, 0.25) is 5.91 Å². The molecule has 0 aromatic heterocycles. The van der Waals surface area contributed by atoms with E-state index >= 15 is 0 Å². The van der Waals surface area contributed by atoms with Crippen molar-refractivity contribution in [3.05, 3.63) is 28.8 Å². The molecule has 0 bridgehead atoms. The van der Waals surface area contributed by atoms with E-state index in [0.717, 1.165) is 24.1 Å². The summed E-state index contributed by atoms with van der Waals surface area (Å²) in [6.45, 7) is 3.87. The molecule has 94 valence electrons. The lowest BCUT2D eigenvalue weighted by Gasteiger charge is -2.07. The van der Waals surface area contributed by atoms with Gasteiger partial charge in [0.15, 0.2) is 0 Å². The molecule has 0 heterocycles. The Kier molecular flexibility index (Phi) is 5.45. The number of rotatable bonds is 5. The van der Waals surface area contributed by atoms with Gasteiger partial charge in [-0.2, -0.15) is 0 Å². The van der Waals surface area contributed by atoms with Gasteiger partial charge in [-0.05, 0) is 44.4 Å². The Bertz CT molecular complexity index is 391. The van der Waals surface area contributed by atoms with Crippen LogP contribution >= 0.6 is 11.6 Å². The van der Waals surface area contributed by atoms with Crippen LogP contribution in [0.3, 0.4) is 0 Å². The monoisotopic (exact) mass is 254 g/mol. The van der Waals surface area contributed by atoms with Crippen LogP contribution in [0.25, 0.3) is 0 Å². The Balaban J connectivity index is 2.42. The zero-order valence-corrected chi connectivity index (χ0v) is 11.1. The normalized spacial score (nSPS) is 12.2. The van der Waals surface area contributed by atoms with Crippen LogP contribution in [0.2, 0.25) is 5.02 Å². The maximum Gasteiger partial charge on any atom is 0.224 e. The molecule has 1 unspecified atom stereocenters. The molecule has 1 amide bonds. The number of hydrogen-bond donors (Lipinski definition) is 2. The van der Waals surface area contributed by atoms with Gasteiger partial charge in [0.1, 0.15) is 0 Å². The highest BCUT2D eigenvalue weighted by atomic mass is 35.5. The SMILES string of the molecule is Cc1ccc(NC(=O)CCCC(C)N)cc1Cl. The highest BCUT2D eigenvalue weighted by molar-refractivity contribution is 6.31. The zero-order chi connectivity index (χ0) is 12.8. The number of carbonyl (C=O) groups excluding carboxylic acids is 1. The Morgan fingerprint density at radius 2 is 2.24 bits per heavy atom. The highest BCUT2D eigenvalue weighted by Crippen LogP contribution is 2.20. The van der Waals surface area contributed by atoms with E-state index in [4.69, 9.17) is 17.3 Å². The molecule has 0 saturated heterocycles. The molecule has 1 aromatic rings. The van der Waals surface area contributed by atoms with Crippen molar-refractivity contribution in [2.24, 2.45) is 5.73 Å². The van der Waals surface area contributed by atoms with Crippen molar-refractivity contribution in [3.8, 4) is 0 Å². The first-order valence-electron chi connectivity index (χ1n) is 5.80. The standard InChI is InChI=1S/C13H19ClN2O/c1-9-6-7-11(8-12(9)14)16-13(17)5-3-4-10(2)15/h6-8,10H,3-5,15H2,1-2H3,(H,16,17). The molecule has 0 saturated carbocycles. The molecule has 0 radical (unpaired) electrons. The van der Waals surface area contributed by atoms with Gasteiger partial charge in [-0.3, -0.25) is 4.79 Å². The average Bonchev–Trinajstić information content (AvgIpc) is 2.23. The van der Waals surface area contributed by atoms with Gasteiger partial charge in [0.25, 0.3) is 0 Å². The first-order valence-corrected chi connectivity index (χ1v) is 6.18. The number of benzene rings is 1. The second kappa shape index (κ2) is 6.62. The predicted molar refractivity (Wildman–Crippen MR) is 72.3 cm³/mol. The summed E-state index contributed by atoms with van der Waals surface area (Å²) in [5, 5.41) is 3.48. The van der Waals surface area contributed by atoms with Crippen LogP contribution in [-0.2, 0) is 4.79 Å². The summed E-state index contributed by atoms with van der Waals surface area (Å²) in [5.74, 6) is 0.00516. The van der Waals surface area contributed by atoms with E-state index in [1.54, 1.807) is 6.07 Å². The second-order valence-electron chi connectivity index (χ2n) is 4.38. The predicted octanol–water partition coefficient (Wildman–Crippen LogP) is 3.10. The lowest BCUT2D eigenvalue weighted by Crippen LogP contribution is -2.16. The van der Waals surface area contributed by atoms with Crippen molar-refractivity contribution in [1.29, 1.82) is 0 Å². The molecule has 0 aliphatic heterocycles. The molecule has 0 fully saturated rings. The quantitative estimate of drug-likeness (QED) is 0.848. The molecule has 17 heavy (non-hydrogen) atoms. The van der Waals surface area contributed by atoms with Crippen molar-refractivity contribution in [2.75, 3.05) is 5.32 Å². The van der Waals surface area contributed by atoms with Gasteiger partial charge < -0.3 is 11.1 Å². The van der Waals surface area contributed by atoms with Crippen LogP contribution in [0.5, 0.6) is 0 Å². The Morgan fingerprint density at radius 3 is 2.82 bits per heavy atom. The summed E-state index contributed by atoms with van der Waals surface area (Å²) < 4.78 is 0. The summed E-state index contributed by atoms with van der Waals surface area (Å²) >= 11 is 5.98. The second-order valence-corrected chi connectivity index (χ2v) is 4.79. The molecule has 0 spiro atoms. The minimum atomic E-state index is 0.00516. The molecule has 0 aliphatic rings. The van der Waals surface area contributed by atoms with Gasteiger partial charge in [0, 0.05) is 23.2 Å². The Labute approximate surface area is 107 Å². The maximum atomic E-state index is 11.6. The number of hydrogen-bond acceptors (Lipinski definition) is 2. The topological polar surface area (TPSA) is 55.1 Å². The summed E-state index contributed by atoms with van der Waals surface area (Å²) in [6, 6.07) is 5.65. The molecule has 1 aromatic carbocycles. The number of nitrogens with one attached hydrogen (secondary N) is 1. The molecule has 1 rings (SSSR count). The number of aryl methyl sites for hydroxylation is 1. The number of halogens is 1. The van der Waals surface area contributed by atoms with Crippen molar-refractivity contribution in [1.82, 2.24) is 0 Å². The molecule has 1 atom stereocenters. The number of anilines is 1. The van der Waals surface area contributed by atoms with Crippen molar-refractivity contribution in [3.63, 3.8) is 0 Å². The van der Waals surface area contributed by atoms with Gasteiger partial charge in [-0.1, -0.05) is 17.7 Å². The fourth-order valence-electron chi connectivity index (χ4n) is 1.48. The first kappa shape index (κ1) is 14.0. The van der Waals surface area contributed by atoms with Crippen LogP contribution in [-0.4, -0.2) is 11.9 Å². The molecular formula is C13H19ClN2O. The summed E-state index contributed by atoms with van der Waals surface area (Å²) in [7, 11) is 0. The van der Waals surface area contributed by atoms with Crippen molar-refractivity contribution < 1.29 is 4.79 Å².